The molecule has 0 saturated heterocycles. The lowest BCUT2D eigenvalue weighted by atomic mass is 10.2. The molecule has 102 valence electrons. The monoisotopic (exact) mass is 280 g/mol. The van der Waals surface area contributed by atoms with E-state index in [1.165, 1.54) is 11.3 Å². The average Bonchev–Trinajstić information content (AvgIpc) is 2.99. The van der Waals surface area contributed by atoms with Gasteiger partial charge in [0.2, 0.25) is 0 Å². The fraction of sp³-hybridized carbons (Fsp3) is 0.417. The minimum Gasteiger partial charge on any atom is -0.461 e. The second-order valence-corrected chi connectivity index (χ2v) is 4.80. The van der Waals surface area contributed by atoms with Crippen LogP contribution in [0.5, 0.6) is 0 Å². The molecule has 2 aromatic rings. The lowest BCUT2D eigenvalue weighted by molar-refractivity contribution is 0.0521. The van der Waals surface area contributed by atoms with Crippen LogP contribution in [0.3, 0.4) is 0 Å². The Kier molecular flexibility index (Phi) is 4.51. The number of aromatic nitrogens is 3. The van der Waals surface area contributed by atoms with Crippen molar-refractivity contribution in [2.45, 2.75) is 13.3 Å². The predicted octanol–water partition coefficient (Wildman–Crippen LogP) is 1.71. The number of carbonyl (C=O) groups is 1. The van der Waals surface area contributed by atoms with E-state index in [1.54, 1.807) is 17.1 Å². The molecule has 0 bridgehead atoms. The summed E-state index contributed by atoms with van der Waals surface area (Å²) < 4.78 is 6.72. The zero-order valence-electron chi connectivity index (χ0n) is 10.9. The molecule has 6 nitrogen and oxygen atoms in total. The number of rotatable bonds is 6. The average molecular weight is 280 g/mol. The summed E-state index contributed by atoms with van der Waals surface area (Å²) in [7, 11) is 1.89. The summed E-state index contributed by atoms with van der Waals surface area (Å²) >= 11 is 1.40. The third-order valence-electron chi connectivity index (χ3n) is 2.49. The SMILES string of the molecule is CCOC(=O)c1ncsc1NCCc1cnn(C)c1. The van der Waals surface area contributed by atoms with E-state index < -0.39 is 0 Å². The summed E-state index contributed by atoms with van der Waals surface area (Å²) in [4.78, 5) is 15.7. The Morgan fingerprint density at radius 1 is 1.58 bits per heavy atom. The first-order valence-corrected chi connectivity index (χ1v) is 6.90. The van der Waals surface area contributed by atoms with Crippen LogP contribution < -0.4 is 5.32 Å². The Morgan fingerprint density at radius 3 is 3.11 bits per heavy atom. The van der Waals surface area contributed by atoms with Gasteiger partial charge in [0.25, 0.3) is 0 Å². The molecule has 2 rings (SSSR count). The van der Waals surface area contributed by atoms with Gasteiger partial charge in [-0.3, -0.25) is 4.68 Å². The molecule has 0 spiro atoms. The van der Waals surface area contributed by atoms with Crippen molar-refractivity contribution in [3.63, 3.8) is 0 Å². The maximum Gasteiger partial charge on any atom is 0.360 e. The maximum absolute atomic E-state index is 11.6. The number of ether oxygens (including phenoxy) is 1. The molecule has 0 saturated carbocycles. The Balaban J connectivity index is 1.89. The van der Waals surface area contributed by atoms with Crippen LogP contribution in [0.1, 0.15) is 23.0 Å². The smallest absolute Gasteiger partial charge is 0.360 e. The highest BCUT2D eigenvalue weighted by Gasteiger charge is 2.15. The molecular weight excluding hydrogens is 264 g/mol. The van der Waals surface area contributed by atoms with Crippen molar-refractivity contribution in [1.82, 2.24) is 14.8 Å². The van der Waals surface area contributed by atoms with E-state index >= 15 is 0 Å². The number of thiazole rings is 1. The molecule has 0 aromatic carbocycles. The second-order valence-electron chi connectivity index (χ2n) is 3.95. The highest BCUT2D eigenvalue weighted by molar-refractivity contribution is 7.14. The molecule has 0 unspecified atom stereocenters. The maximum atomic E-state index is 11.6. The van der Waals surface area contributed by atoms with Gasteiger partial charge < -0.3 is 10.1 Å². The van der Waals surface area contributed by atoms with Crippen molar-refractivity contribution in [3.05, 3.63) is 29.2 Å². The van der Waals surface area contributed by atoms with Gasteiger partial charge in [-0.15, -0.1) is 11.3 Å². The standard InChI is InChI=1S/C12H16N4O2S/c1-3-18-12(17)10-11(19-8-14-10)13-5-4-9-6-15-16(2)7-9/h6-8,13H,3-5H2,1-2H3. The molecule has 2 aromatic heterocycles. The molecule has 2 heterocycles. The van der Waals surface area contributed by atoms with E-state index in [1.807, 2.05) is 19.4 Å². The summed E-state index contributed by atoms with van der Waals surface area (Å²) in [5.41, 5.74) is 3.15. The van der Waals surface area contributed by atoms with Gasteiger partial charge in [0.15, 0.2) is 5.69 Å². The molecule has 0 atom stereocenters. The highest BCUT2D eigenvalue weighted by Crippen LogP contribution is 2.20. The zero-order valence-corrected chi connectivity index (χ0v) is 11.7. The summed E-state index contributed by atoms with van der Waals surface area (Å²) in [5.74, 6) is -0.382. The van der Waals surface area contributed by atoms with Crippen LogP contribution in [0.15, 0.2) is 17.9 Å². The minimum atomic E-state index is -0.382. The summed E-state index contributed by atoms with van der Waals surface area (Å²) in [6.45, 7) is 2.85. The molecule has 0 amide bonds. The quantitative estimate of drug-likeness (QED) is 0.816. The van der Waals surface area contributed by atoms with Crippen LogP contribution in [0, 0.1) is 0 Å². The molecule has 0 fully saturated rings. The minimum absolute atomic E-state index is 0.353. The number of hydrogen-bond donors (Lipinski definition) is 1. The molecule has 0 aliphatic carbocycles. The van der Waals surface area contributed by atoms with E-state index in [0.717, 1.165) is 23.5 Å². The van der Waals surface area contributed by atoms with Crippen LogP contribution in [0.25, 0.3) is 0 Å². The van der Waals surface area contributed by atoms with Gasteiger partial charge in [0, 0.05) is 19.8 Å². The van der Waals surface area contributed by atoms with E-state index in [-0.39, 0.29) is 5.97 Å². The van der Waals surface area contributed by atoms with Crippen molar-refractivity contribution in [2.75, 3.05) is 18.5 Å². The first-order chi connectivity index (χ1) is 9.20. The highest BCUT2D eigenvalue weighted by atomic mass is 32.1. The number of carbonyl (C=O) groups excluding carboxylic acids is 1. The number of anilines is 1. The molecule has 0 aliphatic heterocycles. The fourth-order valence-corrected chi connectivity index (χ4v) is 2.33. The van der Waals surface area contributed by atoms with E-state index in [9.17, 15) is 4.79 Å². The van der Waals surface area contributed by atoms with Crippen LogP contribution in [-0.2, 0) is 18.2 Å². The number of nitrogens with one attached hydrogen (secondary N) is 1. The van der Waals surface area contributed by atoms with Gasteiger partial charge >= 0.3 is 5.97 Å². The molecular formula is C12H16N4O2S. The van der Waals surface area contributed by atoms with E-state index in [4.69, 9.17) is 4.74 Å². The van der Waals surface area contributed by atoms with Crippen molar-refractivity contribution < 1.29 is 9.53 Å². The van der Waals surface area contributed by atoms with Crippen LogP contribution in [-0.4, -0.2) is 33.9 Å². The molecule has 7 heteroatoms. The third-order valence-corrected chi connectivity index (χ3v) is 3.28. The second kappa shape index (κ2) is 6.33. The molecule has 1 N–H and O–H groups in total. The van der Waals surface area contributed by atoms with Crippen LogP contribution in [0.4, 0.5) is 5.00 Å². The number of aryl methyl sites for hydroxylation is 1. The largest absolute Gasteiger partial charge is 0.461 e. The van der Waals surface area contributed by atoms with Crippen molar-refractivity contribution in [2.24, 2.45) is 7.05 Å². The van der Waals surface area contributed by atoms with Gasteiger partial charge in [-0.2, -0.15) is 5.10 Å². The summed E-state index contributed by atoms with van der Waals surface area (Å²) in [6, 6.07) is 0. The number of hydrogen-bond acceptors (Lipinski definition) is 6. The van der Waals surface area contributed by atoms with Crippen molar-refractivity contribution >= 4 is 22.3 Å². The fourth-order valence-electron chi connectivity index (χ4n) is 1.64. The van der Waals surface area contributed by atoms with Gasteiger partial charge in [-0.05, 0) is 18.9 Å². The molecule has 19 heavy (non-hydrogen) atoms. The van der Waals surface area contributed by atoms with Gasteiger partial charge in [-0.25, -0.2) is 9.78 Å². The lowest BCUT2D eigenvalue weighted by Gasteiger charge is -2.05. The lowest BCUT2D eigenvalue weighted by Crippen LogP contribution is -2.10. The van der Waals surface area contributed by atoms with Crippen LogP contribution in [0.2, 0.25) is 0 Å². The Bertz CT molecular complexity index is 549. The zero-order chi connectivity index (χ0) is 13.7. The van der Waals surface area contributed by atoms with E-state index in [2.05, 4.69) is 15.4 Å². The van der Waals surface area contributed by atoms with Gasteiger partial charge in [0.05, 0.1) is 18.3 Å². The van der Waals surface area contributed by atoms with E-state index in [0.29, 0.717) is 12.3 Å². The number of esters is 1. The van der Waals surface area contributed by atoms with Gasteiger partial charge in [-0.1, -0.05) is 0 Å². The number of nitrogens with zero attached hydrogens (tertiary/aromatic N) is 3. The summed E-state index contributed by atoms with van der Waals surface area (Å²) in [5, 5.41) is 8.07. The van der Waals surface area contributed by atoms with Crippen LogP contribution >= 0.6 is 11.3 Å². The molecule has 0 aliphatic rings. The first-order valence-electron chi connectivity index (χ1n) is 6.02. The summed E-state index contributed by atoms with van der Waals surface area (Å²) in [6.07, 6.45) is 4.65. The Hall–Kier alpha value is -1.89. The topological polar surface area (TPSA) is 69.0 Å². The Labute approximate surface area is 115 Å². The normalized spacial score (nSPS) is 10.4. The van der Waals surface area contributed by atoms with Gasteiger partial charge in [0.1, 0.15) is 5.00 Å². The first kappa shape index (κ1) is 13.5. The third kappa shape index (κ3) is 3.54. The Morgan fingerprint density at radius 2 is 2.42 bits per heavy atom. The predicted molar refractivity (Wildman–Crippen MR) is 73.5 cm³/mol. The van der Waals surface area contributed by atoms with Crippen molar-refractivity contribution in [3.8, 4) is 0 Å². The molecule has 0 radical (unpaired) electrons. The van der Waals surface area contributed by atoms with Crippen molar-refractivity contribution in [1.29, 1.82) is 0 Å².